The molecular weight excluding hydrogens is 345 g/mol. The largest absolute Gasteiger partial charge is 0.338 e. The lowest BCUT2D eigenvalue weighted by Gasteiger charge is -2.20. The summed E-state index contributed by atoms with van der Waals surface area (Å²) in [5.74, 6) is 0.825. The molecule has 24 heavy (non-hydrogen) atoms. The standard InChI is InChI=1S/C18H19Cl2N3O/c19-14-7-4-8-15(20)17(14)23-16-10-9-13(11-21-16)22-18(24)12-5-2-1-3-6-12/h4,7-12H,1-3,5-6H2,(H,21,23)(H,22,24). The van der Waals surface area contributed by atoms with Crippen LogP contribution in [0.3, 0.4) is 0 Å². The molecule has 1 heterocycles. The van der Waals surface area contributed by atoms with Gasteiger partial charge in [-0.2, -0.15) is 0 Å². The lowest BCUT2D eigenvalue weighted by molar-refractivity contribution is -0.120. The number of carbonyl (C=O) groups excluding carboxylic acids is 1. The van der Waals surface area contributed by atoms with E-state index in [1.807, 2.05) is 6.07 Å². The van der Waals surface area contributed by atoms with E-state index in [0.29, 0.717) is 27.2 Å². The Labute approximate surface area is 151 Å². The molecule has 1 aliphatic carbocycles. The number of hydrogen-bond acceptors (Lipinski definition) is 3. The van der Waals surface area contributed by atoms with Crippen molar-refractivity contribution in [2.75, 3.05) is 10.6 Å². The van der Waals surface area contributed by atoms with Crippen LogP contribution in [0.5, 0.6) is 0 Å². The molecule has 0 unspecified atom stereocenters. The first-order valence-corrected chi connectivity index (χ1v) is 8.87. The van der Waals surface area contributed by atoms with Gasteiger partial charge < -0.3 is 10.6 Å². The maximum Gasteiger partial charge on any atom is 0.227 e. The Morgan fingerprint density at radius 3 is 2.38 bits per heavy atom. The number of nitrogens with one attached hydrogen (secondary N) is 2. The highest BCUT2D eigenvalue weighted by molar-refractivity contribution is 6.39. The van der Waals surface area contributed by atoms with Crippen molar-refractivity contribution >= 4 is 46.3 Å². The third-order valence-electron chi connectivity index (χ3n) is 4.22. The Morgan fingerprint density at radius 2 is 1.75 bits per heavy atom. The predicted molar refractivity (Wildman–Crippen MR) is 99.2 cm³/mol. The Balaban J connectivity index is 1.64. The van der Waals surface area contributed by atoms with Gasteiger partial charge in [0.25, 0.3) is 0 Å². The molecule has 0 aliphatic heterocycles. The van der Waals surface area contributed by atoms with Gasteiger partial charge in [-0.05, 0) is 37.1 Å². The summed E-state index contributed by atoms with van der Waals surface area (Å²) in [5.41, 5.74) is 1.31. The van der Waals surface area contributed by atoms with Crippen molar-refractivity contribution in [3.05, 3.63) is 46.6 Å². The third kappa shape index (κ3) is 4.19. The zero-order chi connectivity index (χ0) is 16.9. The van der Waals surface area contributed by atoms with Crippen molar-refractivity contribution in [2.24, 2.45) is 5.92 Å². The summed E-state index contributed by atoms with van der Waals surface area (Å²) in [6.45, 7) is 0. The summed E-state index contributed by atoms with van der Waals surface area (Å²) in [6, 6.07) is 8.91. The predicted octanol–water partition coefficient (Wildman–Crippen LogP) is 5.65. The Kier molecular flexibility index (Phi) is 5.59. The number of halogens is 2. The van der Waals surface area contributed by atoms with Crippen LogP contribution in [0.1, 0.15) is 32.1 Å². The molecule has 1 saturated carbocycles. The van der Waals surface area contributed by atoms with Crippen molar-refractivity contribution in [2.45, 2.75) is 32.1 Å². The second-order valence-electron chi connectivity index (χ2n) is 5.98. The van der Waals surface area contributed by atoms with Gasteiger partial charge in [-0.1, -0.05) is 48.5 Å². The highest BCUT2D eigenvalue weighted by atomic mass is 35.5. The first-order valence-electron chi connectivity index (χ1n) is 8.11. The van der Waals surface area contributed by atoms with Crippen LogP contribution in [0.15, 0.2) is 36.5 Å². The van der Waals surface area contributed by atoms with Crippen LogP contribution in [-0.4, -0.2) is 10.9 Å². The number of rotatable bonds is 4. The van der Waals surface area contributed by atoms with E-state index in [0.717, 1.165) is 25.7 Å². The van der Waals surface area contributed by atoms with E-state index in [2.05, 4.69) is 15.6 Å². The normalized spacial score (nSPS) is 15.1. The summed E-state index contributed by atoms with van der Waals surface area (Å²) >= 11 is 12.3. The topological polar surface area (TPSA) is 54.0 Å². The molecule has 0 atom stereocenters. The molecule has 1 aliphatic rings. The number of para-hydroxylation sites is 1. The number of nitrogens with zero attached hydrogens (tertiary/aromatic N) is 1. The summed E-state index contributed by atoms with van der Waals surface area (Å²) in [6.07, 6.45) is 7.09. The van der Waals surface area contributed by atoms with Gasteiger partial charge in [-0.25, -0.2) is 4.98 Å². The molecular formula is C18H19Cl2N3O. The van der Waals surface area contributed by atoms with Crippen molar-refractivity contribution in [1.29, 1.82) is 0 Å². The molecule has 0 radical (unpaired) electrons. The van der Waals surface area contributed by atoms with E-state index in [1.165, 1.54) is 6.42 Å². The zero-order valence-corrected chi connectivity index (χ0v) is 14.7. The van der Waals surface area contributed by atoms with E-state index in [-0.39, 0.29) is 11.8 Å². The van der Waals surface area contributed by atoms with Crippen LogP contribution in [0.2, 0.25) is 10.0 Å². The monoisotopic (exact) mass is 363 g/mol. The SMILES string of the molecule is O=C(Nc1ccc(Nc2c(Cl)cccc2Cl)nc1)C1CCCCC1. The van der Waals surface area contributed by atoms with Crippen LogP contribution in [0.4, 0.5) is 17.2 Å². The lowest BCUT2D eigenvalue weighted by Crippen LogP contribution is -2.24. The van der Waals surface area contributed by atoms with Crippen LogP contribution < -0.4 is 10.6 Å². The highest BCUT2D eigenvalue weighted by Crippen LogP contribution is 2.32. The number of anilines is 3. The van der Waals surface area contributed by atoms with Gasteiger partial charge in [0.05, 0.1) is 27.6 Å². The van der Waals surface area contributed by atoms with Crippen LogP contribution in [-0.2, 0) is 4.79 Å². The Bertz CT molecular complexity index is 692. The second-order valence-corrected chi connectivity index (χ2v) is 6.79. The fourth-order valence-corrected chi connectivity index (χ4v) is 3.39. The van der Waals surface area contributed by atoms with Crippen molar-refractivity contribution in [3.8, 4) is 0 Å². The minimum absolute atomic E-state index is 0.0892. The summed E-state index contributed by atoms with van der Waals surface area (Å²) < 4.78 is 0. The average Bonchev–Trinajstić information content (AvgIpc) is 2.60. The Hall–Kier alpha value is -1.78. The molecule has 1 fully saturated rings. The number of pyridine rings is 1. The van der Waals surface area contributed by atoms with Gasteiger partial charge in [-0.3, -0.25) is 4.79 Å². The van der Waals surface area contributed by atoms with E-state index in [9.17, 15) is 4.79 Å². The third-order valence-corrected chi connectivity index (χ3v) is 4.85. The molecule has 1 amide bonds. The summed E-state index contributed by atoms with van der Waals surface area (Å²) in [7, 11) is 0. The number of benzene rings is 1. The Morgan fingerprint density at radius 1 is 1.04 bits per heavy atom. The number of hydrogen-bond donors (Lipinski definition) is 2. The van der Waals surface area contributed by atoms with Gasteiger partial charge in [0.15, 0.2) is 0 Å². The molecule has 1 aromatic heterocycles. The van der Waals surface area contributed by atoms with E-state index >= 15 is 0 Å². The van der Waals surface area contributed by atoms with Crippen LogP contribution in [0, 0.1) is 5.92 Å². The molecule has 2 N–H and O–H groups in total. The maximum atomic E-state index is 12.2. The smallest absolute Gasteiger partial charge is 0.227 e. The molecule has 4 nitrogen and oxygen atoms in total. The number of carbonyl (C=O) groups is 1. The van der Waals surface area contributed by atoms with Gasteiger partial charge in [0.1, 0.15) is 5.82 Å². The van der Waals surface area contributed by atoms with Gasteiger partial charge >= 0.3 is 0 Å². The van der Waals surface area contributed by atoms with Gasteiger partial charge in [0.2, 0.25) is 5.91 Å². The molecule has 2 aromatic rings. The minimum atomic E-state index is 0.0892. The van der Waals surface area contributed by atoms with Gasteiger partial charge in [0, 0.05) is 5.92 Å². The first kappa shape index (κ1) is 17.1. The van der Waals surface area contributed by atoms with Crippen LogP contribution >= 0.6 is 23.2 Å². The minimum Gasteiger partial charge on any atom is -0.338 e. The number of amides is 1. The van der Waals surface area contributed by atoms with E-state index in [1.54, 1.807) is 30.5 Å². The fourth-order valence-electron chi connectivity index (χ4n) is 2.90. The molecule has 126 valence electrons. The van der Waals surface area contributed by atoms with Crippen molar-refractivity contribution < 1.29 is 4.79 Å². The van der Waals surface area contributed by atoms with E-state index in [4.69, 9.17) is 23.2 Å². The molecule has 0 bridgehead atoms. The quantitative estimate of drug-likeness (QED) is 0.737. The molecule has 0 spiro atoms. The first-order chi connectivity index (χ1) is 11.6. The van der Waals surface area contributed by atoms with Crippen molar-refractivity contribution in [3.63, 3.8) is 0 Å². The van der Waals surface area contributed by atoms with Crippen molar-refractivity contribution in [1.82, 2.24) is 4.98 Å². The van der Waals surface area contributed by atoms with Gasteiger partial charge in [-0.15, -0.1) is 0 Å². The zero-order valence-electron chi connectivity index (χ0n) is 13.2. The number of aromatic nitrogens is 1. The molecule has 0 saturated heterocycles. The molecule has 3 rings (SSSR count). The average molecular weight is 364 g/mol. The summed E-state index contributed by atoms with van der Waals surface area (Å²) in [4.78, 5) is 16.6. The fraction of sp³-hybridized carbons (Fsp3) is 0.333. The second kappa shape index (κ2) is 7.86. The lowest BCUT2D eigenvalue weighted by atomic mass is 9.88. The van der Waals surface area contributed by atoms with E-state index < -0.39 is 0 Å². The summed E-state index contributed by atoms with van der Waals surface area (Å²) in [5, 5.41) is 7.09. The molecule has 6 heteroatoms. The molecule has 1 aromatic carbocycles. The van der Waals surface area contributed by atoms with Crippen LogP contribution in [0.25, 0.3) is 0 Å². The maximum absolute atomic E-state index is 12.2. The highest BCUT2D eigenvalue weighted by Gasteiger charge is 2.21.